The Morgan fingerprint density at radius 3 is 2.51 bits per heavy atom. The zero-order valence-electron chi connectivity index (χ0n) is 21.0. The highest BCUT2D eigenvalue weighted by atomic mass is 19.1. The number of para-hydroxylation sites is 1. The van der Waals surface area contributed by atoms with Gasteiger partial charge in [-0.3, -0.25) is 19.3 Å². The fraction of sp³-hybridized carbons (Fsp3) is 0.393. The molecule has 1 atom stereocenters. The molecule has 0 aliphatic carbocycles. The number of morpholine rings is 1. The monoisotopic (exact) mass is 507 g/mol. The summed E-state index contributed by atoms with van der Waals surface area (Å²) in [5, 5.41) is 11.4. The topological polar surface area (TPSA) is 90.4 Å². The molecule has 0 radical (unpaired) electrons. The normalized spacial score (nSPS) is 23.4. The van der Waals surface area contributed by atoms with Gasteiger partial charge in [-0.1, -0.05) is 30.3 Å². The second kappa shape index (κ2) is 9.72. The van der Waals surface area contributed by atoms with Crippen molar-refractivity contribution >= 4 is 29.0 Å². The lowest BCUT2D eigenvalue weighted by molar-refractivity contribution is -0.143. The number of aryl methyl sites for hydroxylation is 1. The minimum absolute atomic E-state index is 0.0361. The Labute approximate surface area is 214 Å². The summed E-state index contributed by atoms with van der Waals surface area (Å²) >= 11 is 0. The van der Waals surface area contributed by atoms with Crippen LogP contribution in [0.4, 0.5) is 10.1 Å². The zero-order valence-corrected chi connectivity index (χ0v) is 21.0. The number of likely N-dealkylation sites (N-methyl/N-ethyl adjacent to an activating group) is 1. The Kier molecular flexibility index (Phi) is 6.59. The van der Waals surface area contributed by atoms with Crippen LogP contribution in [0.2, 0.25) is 0 Å². The van der Waals surface area contributed by atoms with Crippen LogP contribution in [0.25, 0.3) is 5.76 Å². The number of halogens is 1. The molecule has 1 spiro atoms. The lowest BCUT2D eigenvalue weighted by atomic mass is 9.81. The largest absolute Gasteiger partial charge is 0.507 e. The van der Waals surface area contributed by atoms with E-state index < -0.39 is 34.7 Å². The van der Waals surface area contributed by atoms with Crippen LogP contribution in [0.3, 0.4) is 0 Å². The molecule has 2 fully saturated rings. The maximum Gasteiger partial charge on any atom is 0.296 e. The molecule has 0 bridgehead atoms. The van der Waals surface area contributed by atoms with Gasteiger partial charge < -0.3 is 19.6 Å². The predicted molar refractivity (Wildman–Crippen MR) is 135 cm³/mol. The molecule has 37 heavy (non-hydrogen) atoms. The lowest BCUT2D eigenvalue weighted by Crippen LogP contribution is -2.52. The first-order chi connectivity index (χ1) is 17.8. The average molecular weight is 508 g/mol. The predicted octanol–water partition coefficient (Wildman–Crippen LogP) is 2.80. The number of carbonyl (C=O) groups excluding carboxylic acids is 3. The van der Waals surface area contributed by atoms with Gasteiger partial charge in [-0.2, -0.15) is 0 Å². The fourth-order valence-electron chi connectivity index (χ4n) is 5.64. The first-order valence-corrected chi connectivity index (χ1v) is 12.6. The first kappa shape index (κ1) is 25.1. The highest BCUT2D eigenvalue weighted by molar-refractivity contribution is 6.50. The van der Waals surface area contributed by atoms with Crippen LogP contribution < -0.4 is 4.90 Å². The minimum Gasteiger partial charge on any atom is -0.507 e. The summed E-state index contributed by atoms with van der Waals surface area (Å²) in [6.07, 6.45) is 0.523. The minimum atomic E-state index is -1.82. The SMILES string of the molecule is CCN1C(=O)C2(/C(=C(\O)c3ccc(C)c(F)c3)C(=O)C(=O)N2CCCN2CCOCC2)c2ccccc21. The highest BCUT2D eigenvalue weighted by Gasteiger charge is 2.66. The summed E-state index contributed by atoms with van der Waals surface area (Å²) < 4.78 is 19.8. The van der Waals surface area contributed by atoms with Gasteiger partial charge in [-0.15, -0.1) is 0 Å². The number of amides is 2. The van der Waals surface area contributed by atoms with E-state index in [0.717, 1.165) is 19.2 Å². The number of anilines is 1. The van der Waals surface area contributed by atoms with E-state index in [0.29, 0.717) is 49.5 Å². The number of ether oxygens (including phenoxy) is 1. The maximum absolute atomic E-state index is 14.4. The van der Waals surface area contributed by atoms with Gasteiger partial charge in [0, 0.05) is 43.9 Å². The van der Waals surface area contributed by atoms with Crippen LogP contribution in [-0.4, -0.2) is 78.4 Å². The second-order valence-electron chi connectivity index (χ2n) is 9.56. The number of ketones is 1. The quantitative estimate of drug-likeness (QED) is 0.368. The van der Waals surface area contributed by atoms with Gasteiger partial charge in [0.2, 0.25) is 0 Å². The number of likely N-dealkylation sites (tertiary alicyclic amines) is 1. The number of carbonyl (C=O) groups is 3. The van der Waals surface area contributed by atoms with E-state index in [1.807, 2.05) is 6.92 Å². The number of fused-ring (bicyclic) bond motifs is 2. The molecule has 0 saturated carbocycles. The van der Waals surface area contributed by atoms with Crippen LogP contribution in [0.1, 0.15) is 30.0 Å². The molecule has 9 heteroatoms. The maximum atomic E-state index is 14.4. The van der Waals surface area contributed by atoms with E-state index in [1.54, 1.807) is 31.2 Å². The van der Waals surface area contributed by atoms with Crippen molar-refractivity contribution in [2.45, 2.75) is 25.8 Å². The van der Waals surface area contributed by atoms with E-state index in [9.17, 15) is 23.9 Å². The lowest BCUT2D eigenvalue weighted by Gasteiger charge is -2.35. The van der Waals surface area contributed by atoms with Crippen molar-refractivity contribution in [1.82, 2.24) is 9.80 Å². The summed E-state index contributed by atoms with van der Waals surface area (Å²) in [6, 6.07) is 11.1. The first-order valence-electron chi connectivity index (χ1n) is 12.6. The molecule has 2 amide bonds. The Morgan fingerprint density at radius 2 is 1.81 bits per heavy atom. The van der Waals surface area contributed by atoms with E-state index in [2.05, 4.69) is 4.90 Å². The van der Waals surface area contributed by atoms with Gasteiger partial charge in [0.1, 0.15) is 11.6 Å². The van der Waals surface area contributed by atoms with E-state index in [-0.39, 0.29) is 17.7 Å². The van der Waals surface area contributed by atoms with Gasteiger partial charge in [0.15, 0.2) is 5.54 Å². The highest BCUT2D eigenvalue weighted by Crippen LogP contribution is 2.53. The van der Waals surface area contributed by atoms with Crippen LogP contribution in [-0.2, 0) is 24.7 Å². The van der Waals surface area contributed by atoms with Crippen LogP contribution in [0.15, 0.2) is 48.0 Å². The Bertz CT molecular complexity index is 1300. The van der Waals surface area contributed by atoms with Crippen molar-refractivity contribution < 1.29 is 28.6 Å². The van der Waals surface area contributed by atoms with E-state index in [1.165, 1.54) is 21.9 Å². The Balaban J connectivity index is 1.66. The molecule has 1 N–H and O–H groups in total. The summed E-state index contributed by atoms with van der Waals surface area (Å²) in [6.45, 7) is 7.33. The number of nitrogens with zero attached hydrogens (tertiary/aromatic N) is 3. The van der Waals surface area contributed by atoms with E-state index >= 15 is 0 Å². The van der Waals surface area contributed by atoms with Crippen molar-refractivity contribution in [1.29, 1.82) is 0 Å². The number of aliphatic hydroxyl groups excluding tert-OH is 1. The molecule has 2 aromatic carbocycles. The molecule has 3 aliphatic rings. The zero-order chi connectivity index (χ0) is 26.3. The van der Waals surface area contributed by atoms with E-state index in [4.69, 9.17) is 4.74 Å². The van der Waals surface area contributed by atoms with Crippen molar-refractivity contribution in [3.8, 4) is 0 Å². The molecule has 8 nitrogen and oxygen atoms in total. The number of hydrogen-bond donors (Lipinski definition) is 1. The van der Waals surface area contributed by atoms with Crippen LogP contribution >= 0.6 is 0 Å². The second-order valence-corrected chi connectivity index (χ2v) is 9.56. The molecule has 3 heterocycles. The number of benzene rings is 2. The molecule has 2 aromatic rings. The Hall–Kier alpha value is -3.56. The van der Waals surface area contributed by atoms with Gasteiger partial charge in [-0.25, -0.2) is 4.39 Å². The molecular weight excluding hydrogens is 477 g/mol. The number of rotatable bonds is 6. The molecular formula is C28H30FN3O5. The van der Waals surface area contributed by atoms with Crippen molar-refractivity contribution in [2.75, 3.05) is 50.8 Å². The van der Waals surface area contributed by atoms with Crippen molar-refractivity contribution in [3.05, 3.63) is 70.5 Å². The molecule has 3 aliphatic heterocycles. The summed E-state index contributed by atoms with van der Waals surface area (Å²) in [4.78, 5) is 46.3. The molecule has 2 saturated heterocycles. The van der Waals surface area contributed by atoms with Crippen molar-refractivity contribution in [2.24, 2.45) is 0 Å². The standard InChI is InChI=1S/C28H30FN3O5/c1-3-31-22-8-5-4-7-20(22)28(27(31)36)23(24(33)19-10-9-18(2)21(29)17-19)25(34)26(35)32(28)12-6-11-30-13-15-37-16-14-30/h4-5,7-10,17,33H,3,6,11-16H2,1-2H3/b24-23-. The molecule has 0 aromatic heterocycles. The summed E-state index contributed by atoms with van der Waals surface area (Å²) in [7, 11) is 0. The van der Waals surface area contributed by atoms with Gasteiger partial charge in [0.05, 0.1) is 24.5 Å². The number of hydrogen-bond acceptors (Lipinski definition) is 6. The third-order valence-electron chi connectivity index (χ3n) is 7.53. The van der Waals surface area contributed by atoms with Crippen LogP contribution in [0.5, 0.6) is 0 Å². The summed E-state index contributed by atoms with van der Waals surface area (Å²) in [5.41, 5.74) is -0.696. The smallest absolute Gasteiger partial charge is 0.296 e. The van der Waals surface area contributed by atoms with Gasteiger partial charge >= 0.3 is 0 Å². The average Bonchev–Trinajstić information content (AvgIpc) is 3.28. The third-order valence-corrected chi connectivity index (χ3v) is 7.53. The molecule has 5 rings (SSSR count). The Morgan fingerprint density at radius 1 is 1.08 bits per heavy atom. The third kappa shape index (κ3) is 3.84. The van der Waals surface area contributed by atoms with Crippen molar-refractivity contribution in [3.63, 3.8) is 0 Å². The molecule has 1 unspecified atom stereocenters. The van der Waals surface area contributed by atoms with Crippen LogP contribution in [0, 0.1) is 12.7 Å². The fourth-order valence-corrected chi connectivity index (χ4v) is 5.64. The molecule has 194 valence electrons. The number of Topliss-reactive ketones (excluding diaryl/α,β-unsaturated/α-hetero) is 1. The van der Waals surface area contributed by atoms with Gasteiger partial charge in [0.25, 0.3) is 17.6 Å². The van der Waals surface area contributed by atoms with Gasteiger partial charge in [-0.05, 0) is 38.0 Å². The summed E-state index contributed by atoms with van der Waals surface area (Å²) in [5.74, 6) is -3.40. The number of aliphatic hydroxyl groups is 1.